The number of amides is 1. The minimum absolute atomic E-state index is 0.0138. The maximum absolute atomic E-state index is 12.9. The fourth-order valence-electron chi connectivity index (χ4n) is 2.95. The van der Waals surface area contributed by atoms with E-state index in [4.69, 9.17) is 15.7 Å². The number of hydrogen-bond acceptors (Lipinski definition) is 4. The van der Waals surface area contributed by atoms with Gasteiger partial charge in [-0.1, -0.05) is 18.0 Å². The molecule has 19 heavy (non-hydrogen) atoms. The van der Waals surface area contributed by atoms with E-state index in [-0.39, 0.29) is 11.7 Å². The third-order valence-corrected chi connectivity index (χ3v) is 4.25. The van der Waals surface area contributed by atoms with E-state index in [0.29, 0.717) is 32.0 Å². The van der Waals surface area contributed by atoms with Gasteiger partial charge in [0, 0.05) is 19.7 Å². The predicted molar refractivity (Wildman–Crippen MR) is 70.9 cm³/mol. The van der Waals surface area contributed by atoms with Crippen molar-refractivity contribution in [2.24, 2.45) is 16.3 Å². The molecule has 6 nitrogen and oxygen atoms in total. The molecule has 0 spiro atoms. The van der Waals surface area contributed by atoms with Crippen LogP contribution in [0.15, 0.2) is 5.16 Å². The first-order chi connectivity index (χ1) is 9.15. The molecule has 0 heterocycles. The number of methoxy groups -OCH3 is 1. The number of hydrogen-bond donors (Lipinski definition) is 2. The summed E-state index contributed by atoms with van der Waals surface area (Å²) >= 11 is 0. The molecule has 6 heteroatoms. The zero-order chi connectivity index (χ0) is 13.9. The number of rotatable bonds is 6. The van der Waals surface area contributed by atoms with Crippen LogP contribution in [-0.4, -0.2) is 48.2 Å². The summed E-state index contributed by atoms with van der Waals surface area (Å²) in [5.41, 5.74) is 5.04. The molecule has 0 aliphatic heterocycles. The number of nitrogens with two attached hydrogens (primary N) is 1. The largest absolute Gasteiger partial charge is 0.409 e. The van der Waals surface area contributed by atoms with Crippen LogP contribution in [0.3, 0.4) is 0 Å². The van der Waals surface area contributed by atoms with Crippen molar-refractivity contribution >= 4 is 11.7 Å². The van der Waals surface area contributed by atoms with Crippen molar-refractivity contribution in [2.45, 2.75) is 44.6 Å². The van der Waals surface area contributed by atoms with Crippen LogP contribution in [0.1, 0.15) is 38.5 Å². The number of carbonyl (C=O) groups excluding carboxylic acids is 1. The van der Waals surface area contributed by atoms with Crippen LogP contribution in [0, 0.1) is 5.41 Å². The molecule has 0 atom stereocenters. The van der Waals surface area contributed by atoms with Gasteiger partial charge in [0.25, 0.3) is 0 Å². The standard InChI is InChI=1S/C13H23N3O3/c1-19-9-8-16(10-4-5-10)12(17)13(11(14)15-18)6-2-3-7-13/h10,18H,2-9H2,1H3,(H2,14,15). The minimum atomic E-state index is -0.787. The summed E-state index contributed by atoms with van der Waals surface area (Å²) in [5, 5.41) is 12.1. The second kappa shape index (κ2) is 5.77. The summed E-state index contributed by atoms with van der Waals surface area (Å²) in [6.07, 6.45) is 5.34. The van der Waals surface area contributed by atoms with Gasteiger partial charge < -0.3 is 20.6 Å². The predicted octanol–water partition coefficient (Wildman–Crippen LogP) is 0.931. The van der Waals surface area contributed by atoms with Crippen LogP contribution < -0.4 is 5.73 Å². The molecule has 0 aromatic heterocycles. The first-order valence-electron chi connectivity index (χ1n) is 6.93. The van der Waals surface area contributed by atoms with Crippen LogP contribution in [0.4, 0.5) is 0 Å². The zero-order valence-corrected chi connectivity index (χ0v) is 11.5. The number of ether oxygens (including phenoxy) is 1. The van der Waals surface area contributed by atoms with Crippen LogP contribution in [0.25, 0.3) is 0 Å². The summed E-state index contributed by atoms with van der Waals surface area (Å²) < 4.78 is 5.08. The highest BCUT2D eigenvalue weighted by Crippen LogP contribution is 2.42. The Hall–Kier alpha value is -1.30. The molecule has 0 unspecified atom stereocenters. The fourth-order valence-corrected chi connectivity index (χ4v) is 2.95. The molecular weight excluding hydrogens is 246 g/mol. The maximum atomic E-state index is 12.9. The van der Waals surface area contributed by atoms with Crippen LogP contribution in [0.5, 0.6) is 0 Å². The smallest absolute Gasteiger partial charge is 0.236 e. The highest BCUT2D eigenvalue weighted by Gasteiger charge is 2.49. The summed E-state index contributed by atoms with van der Waals surface area (Å²) in [4.78, 5) is 14.7. The van der Waals surface area contributed by atoms with E-state index in [2.05, 4.69) is 5.16 Å². The van der Waals surface area contributed by atoms with Crippen LogP contribution in [0.2, 0.25) is 0 Å². The van der Waals surface area contributed by atoms with E-state index in [9.17, 15) is 4.79 Å². The van der Waals surface area contributed by atoms with Gasteiger partial charge in [0.2, 0.25) is 5.91 Å². The molecule has 2 fully saturated rings. The maximum Gasteiger partial charge on any atom is 0.236 e. The van der Waals surface area contributed by atoms with Crippen molar-refractivity contribution in [3.8, 4) is 0 Å². The van der Waals surface area contributed by atoms with Gasteiger partial charge in [-0.3, -0.25) is 4.79 Å². The highest BCUT2D eigenvalue weighted by atomic mass is 16.5. The Morgan fingerprint density at radius 1 is 1.47 bits per heavy atom. The van der Waals surface area contributed by atoms with E-state index in [1.807, 2.05) is 4.90 Å². The molecule has 108 valence electrons. The Labute approximate surface area is 113 Å². The van der Waals surface area contributed by atoms with Crippen molar-refractivity contribution in [3.63, 3.8) is 0 Å². The first-order valence-corrected chi connectivity index (χ1v) is 6.93. The van der Waals surface area contributed by atoms with E-state index in [1.165, 1.54) is 0 Å². The third kappa shape index (κ3) is 2.68. The van der Waals surface area contributed by atoms with Crippen molar-refractivity contribution in [3.05, 3.63) is 0 Å². The van der Waals surface area contributed by atoms with Crippen molar-refractivity contribution in [1.82, 2.24) is 4.90 Å². The van der Waals surface area contributed by atoms with Gasteiger partial charge in [-0.15, -0.1) is 0 Å². The Bertz CT molecular complexity index is 360. The molecule has 3 N–H and O–H groups in total. The normalized spacial score (nSPS) is 22.5. The van der Waals surface area contributed by atoms with E-state index in [1.54, 1.807) is 7.11 Å². The van der Waals surface area contributed by atoms with Gasteiger partial charge in [-0.05, 0) is 25.7 Å². The zero-order valence-electron chi connectivity index (χ0n) is 11.5. The molecule has 0 aromatic carbocycles. The monoisotopic (exact) mass is 269 g/mol. The lowest BCUT2D eigenvalue weighted by atomic mass is 9.83. The minimum Gasteiger partial charge on any atom is -0.409 e. The van der Waals surface area contributed by atoms with Crippen molar-refractivity contribution in [1.29, 1.82) is 0 Å². The fraction of sp³-hybridized carbons (Fsp3) is 0.846. The Kier molecular flexibility index (Phi) is 4.29. The summed E-state index contributed by atoms with van der Waals surface area (Å²) in [7, 11) is 1.63. The topological polar surface area (TPSA) is 88.2 Å². The van der Waals surface area contributed by atoms with E-state index < -0.39 is 5.41 Å². The number of nitrogens with zero attached hydrogens (tertiary/aromatic N) is 2. The first kappa shape index (κ1) is 14.1. The van der Waals surface area contributed by atoms with Crippen LogP contribution >= 0.6 is 0 Å². The third-order valence-electron chi connectivity index (χ3n) is 4.25. The highest BCUT2D eigenvalue weighted by molar-refractivity contribution is 6.07. The molecular formula is C13H23N3O3. The average molecular weight is 269 g/mol. The molecule has 0 saturated heterocycles. The molecule has 2 aliphatic carbocycles. The lowest BCUT2D eigenvalue weighted by Gasteiger charge is -2.33. The number of carbonyl (C=O) groups is 1. The van der Waals surface area contributed by atoms with Gasteiger partial charge in [-0.2, -0.15) is 0 Å². The number of amidine groups is 1. The molecule has 0 radical (unpaired) electrons. The van der Waals surface area contributed by atoms with Gasteiger partial charge in [0.05, 0.1) is 6.61 Å². The molecule has 1 amide bonds. The molecule has 2 aliphatic rings. The van der Waals surface area contributed by atoms with Crippen molar-refractivity contribution < 1.29 is 14.7 Å². The van der Waals surface area contributed by atoms with Crippen LogP contribution in [-0.2, 0) is 9.53 Å². The molecule has 2 saturated carbocycles. The van der Waals surface area contributed by atoms with Gasteiger partial charge in [-0.25, -0.2) is 0 Å². The second-order valence-corrected chi connectivity index (χ2v) is 5.50. The number of oxime groups is 1. The quantitative estimate of drug-likeness (QED) is 0.325. The van der Waals surface area contributed by atoms with Gasteiger partial charge in [0.1, 0.15) is 5.41 Å². The Morgan fingerprint density at radius 2 is 2.11 bits per heavy atom. The summed E-state index contributed by atoms with van der Waals surface area (Å²) in [6, 6.07) is 0.312. The Balaban J connectivity index is 2.17. The second-order valence-electron chi connectivity index (χ2n) is 5.50. The van der Waals surface area contributed by atoms with E-state index in [0.717, 1.165) is 25.7 Å². The van der Waals surface area contributed by atoms with Gasteiger partial charge >= 0.3 is 0 Å². The van der Waals surface area contributed by atoms with Crippen molar-refractivity contribution in [2.75, 3.05) is 20.3 Å². The summed E-state index contributed by atoms with van der Waals surface area (Å²) in [5.74, 6) is 0.0814. The molecule has 0 aromatic rings. The van der Waals surface area contributed by atoms with Gasteiger partial charge in [0.15, 0.2) is 5.84 Å². The average Bonchev–Trinajstić information content (AvgIpc) is 3.14. The van der Waals surface area contributed by atoms with E-state index >= 15 is 0 Å². The lowest BCUT2D eigenvalue weighted by Crippen LogP contribution is -2.51. The SMILES string of the molecule is COCCN(C(=O)C1(C(N)=NO)CCCC1)C1CC1. The molecule has 0 bridgehead atoms. The molecule has 2 rings (SSSR count). The Morgan fingerprint density at radius 3 is 2.58 bits per heavy atom. The lowest BCUT2D eigenvalue weighted by molar-refractivity contribution is -0.139. The summed E-state index contributed by atoms with van der Waals surface area (Å²) in [6.45, 7) is 1.11.